The fourth-order valence-electron chi connectivity index (χ4n) is 0.224. The van der Waals surface area contributed by atoms with Crippen molar-refractivity contribution in [3.8, 4) is 0 Å². The van der Waals surface area contributed by atoms with E-state index < -0.39 is 36.0 Å². The molecule has 1 radical (unpaired) electrons. The van der Waals surface area contributed by atoms with Crippen molar-refractivity contribution in [2.24, 2.45) is 17.2 Å². The van der Waals surface area contributed by atoms with Crippen LogP contribution in [0.1, 0.15) is 0 Å². The maximum absolute atomic E-state index is 9.65. The van der Waals surface area contributed by atoms with E-state index in [9.17, 15) is 29.7 Å². The van der Waals surface area contributed by atoms with Crippen molar-refractivity contribution in [1.82, 2.24) is 0 Å². The number of carboxylic acid groups (broad SMARTS) is 3. The predicted molar refractivity (Wildman–Crippen MR) is 80.5 cm³/mol. The van der Waals surface area contributed by atoms with Gasteiger partial charge in [-0.25, -0.2) is 0 Å². The van der Waals surface area contributed by atoms with Crippen LogP contribution in [0.4, 0.5) is 0 Å². The molecule has 0 aliphatic carbocycles. The Bertz CT molecular complexity index is 279. The molecule has 6 N–H and O–H groups in total. The van der Waals surface area contributed by atoms with Gasteiger partial charge in [0.15, 0.2) is 0 Å². The van der Waals surface area contributed by atoms with Gasteiger partial charge in [-0.1, -0.05) is 0 Å². The normalized spacial score (nSPS) is 12.8. The molecular weight excluding hydrogens is 398 g/mol. The van der Waals surface area contributed by atoms with Crippen molar-refractivity contribution in [2.75, 3.05) is 17.3 Å². The SMILES string of the molecule is N[C@@H](CS)C(=O)[O-].N[C@@H](CS)C(=O)[O-].N[C@@H](CS)C(=O)[O-].[Fe+3]. The van der Waals surface area contributed by atoms with E-state index in [1.54, 1.807) is 0 Å². The van der Waals surface area contributed by atoms with E-state index in [4.69, 9.17) is 17.2 Å². The molecule has 0 aromatic carbocycles. The molecule has 0 unspecified atom stereocenters. The molecule has 22 heavy (non-hydrogen) atoms. The number of rotatable bonds is 6. The van der Waals surface area contributed by atoms with Crippen LogP contribution in [0.15, 0.2) is 0 Å². The fourth-order valence-corrected chi connectivity index (χ4v) is 0.671. The summed E-state index contributed by atoms with van der Waals surface area (Å²) in [6, 6.07) is -2.78. The summed E-state index contributed by atoms with van der Waals surface area (Å²) >= 11 is 10.8. The van der Waals surface area contributed by atoms with Crippen molar-refractivity contribution < 1.29 is 46.8 Å². The minimum absolute atomic E-state index is 0. The number of carbonyl (C=O) groups is 3. The van der Waals surface area contributed by atoms with Crippen molar-refractivity contribution in [3.63, 3.8) is 0 Å². The Morgan fingerprint density at radius 3 is 0.818 bits per heavy atom. The molecule has 0 amide bonds. The Kier molecular flexibility index (Phi) is 25.6. The number of hydrogen-bond acceptors (Lipinski definition) is 12. The number of aliphatic carboxylic acids is 3. The van der Waals surface area contributed by atoms with E-state index in [-0.39, 0.29) is 34.3 Å². The van der Waals surface area contributed by atoms with Crippen LogP contribution < -0.4 is 32.5 Å². The van der Waals surface area contributed by atoms with Crippen LogP contribution in [0.25, 0.3) is 0 Å². The molecule has 0 rings (SSSR count). The largest absolute Gasteiger partial charge is 3.00 e. The van der Waals surface area contributed by atoms with Crippen LogP contribution in [0, 0.1) is 0 Å². The average Bonchev–Trinajstić information content (AvgIpc) is 2.45. The first kappa shape index (κ1) is 29.8. The molecule has 0 saturated carbocycles. The van der Waals surface area contributed by atoms with Gasteiger partial charge in [0, 0.05) is 17.3 Å². The first-order chi connectivity index (χ1) is 9.54. The van der Waals surface area contributed by atoms with Crippen molar-refractivity contribution in [3.05, 3.63) is 0 Å². The van der Waals surface area contributed by atoms with Crippen LogP contribution in [0.5, 0.6) is 0 Å². The quantitative estimate of drug-likeness (QED) is 0.180. The predicted octanol–water partition coefficient (Wildman–Crippen LogP) is -6.02. The van der Waals surface area contributed by atoms with Crippen molar-refractivity contribution >= 4 is 55.8 Å². The number of carboxylic acids is 3. The second-order valence-electron chi connectivity index (χ2n) is 3.32. The molecule has 13 heteroatoms. The molecule has 0 saturated heterocycles. The van der Waals surface area contributed by atoms with Gasteiger partial charge in [0.25, 0.3) is 0 Å². The number of thiol groups is 3. The van der Waals surface area contributed by atoms with Gasteiger partial charge in [-0.3, -0.25) is 0 Å². The van der Waals surface area contributed by atoms with Gasteiger partial charge < -0.3 is 46.9 Å². The van der Waals surface area contributed by atoms with E-state index in [0.29, 0.717) is 0 Å². The summed E-state index contributed by atoms with van der Waals surface area (Å²) in [6.45, 7) is 0. The molecule has 0 heterocycles. The first-order valence-electron chi connectivity index (χ1n) is 5.26. The zero-order chi connectivity index (χ0) is 17.6. The molecule has 0 spiro atoms. The Labute approximate surface area is 155 Å². The first-order valence-corrected chi connectivity index (χ1v) is 7.16. The van der Waals surface area contributed by atoms with E-state index in [0.717, 1.165) is 0 Å². The summed E-state index contributed by atoms with van der Waals surface area (Å²) < 4.78 is 0. The minimum atomic E-state index is -1.25. The summed E-state index contributed by atoms with van der Waals surface area (Å²) in [5, 5.41) is 28.9. The van der Waals surface area contributed by atoms with Gasteiger partial charge in [-0.15, -0.1) is 0 Å². The maximum atomic E-state index is 9.65. The number of carbonyl (C=O) groups excluding carboxylic acids is 3. The third-order valence-corrected chi connectivity index (χ3v) is 2.68. The zero-order valence-electron chi connectivity index (χ0n) is 11.2. The van der Waals surface area contributed by atoms with Gasteiger partial charge in [-0.05, 0) is 0 Å². The number of hydrogen-bond donors (Lipinski definition) is 6. The Hall–Kier alpha value is -0.141. The summed E-state index contributed by atoms with van der Waals surface area (Å²) in [5.41, 5.74) is 14.6. The molecule has 0 bridgehead atoms. The van der Waals surface area contributed by atoms with Gasteiger partial charge in [0.2, 0.25) is 0 Å². The summed E-state index contributed by atoms with van der Waals surface area (Å²) in [6.07, 6.45) is 0. The zero-order valence-corrected chi connectivity index (χ0v) is 15.0. The molecule has 9 nitrogen and oxygen atoms in total. The topological polar surface area (TPSA) is 198 Å². The smallest absolute Gasteiger partial charge is 0.548 e. The molecule has 3 atom stereocenters. The molecule has 0 aromatic rings. The van der Waals surface area contributed by atoms with Gasteiger partial charge in [0.05, 0.1) is 36.0 Å². The second-order valence-corrected chi connectivity index (χ2v) is 4.42. The summed E-state index contributed by atoms with van der Waals surface area (Å²) in [4.78, 5) is 28.9. The van der Waals surface area contributed by atoms with Crippen LogP contribution in [0.3, 0.4) is 0 Å². The summed E-state index contributed by atoms with van der Waals surface area (Å²) in [5.74, 6) is -3.38. The van der Waals surface area contributed by atoms with E-state index >= 15 is 0 Å². The van der Waals surface area contributed by atoms with Gasteiger partial charge in [-0.2, -0.15) is 37.9 Å². The van der Waals surface area contributed by atoms with Crippen LogP contribution in [-0.2, 0) is 31.5 Å². The molecular formula is C9H18FeN3O6S3. The Morgan fingerprint density at radius 2 is 0.818 bits per heavy atom. The molecule has 0 aliphatic heterocycles. The fraction of sp³-hybridized carbons (Fsp3) is 0.667. The summed E-state index contributed by atoms with van der Waals surface area (Å²) in [7, 11) is 0. The van der Waals surface area contributed by atoms with Crippen molar-refractivity contribution in [2.45, 2.75) is 18.1 Å². The Morgan fingerprint density at radius 1 is 0.682 bits per heavy atom. The van der Waals surface area contributed by atoms with E-state index in [2.05, 4.69) is 37.9 Å². The van der Waals surface area contributed by atoms with E-state index in [1.807, 2.05) is 0 Å². The van der Waals surface area contributed by atoms with E-state index in [1.165, 1.54) is 0 Å². The molecule has 0 fully saturated rings. The van der Waals surface area contributed by atoms with Gasteiger partial charge >= 0.3 is 17.1 Å². The minimum Gasteiger partial charge on any atom is -0.548 e. The van der Waals surface area contributed by atoms with Gasteiger partial charge in [0.1, 0.15) is 0 Å². The average molecular weight is 416 g/mol. The third-order valence-electron chi connectivity index (χ3n) is 1.50. The standard InChI is InChI=1S/3C3H7NO2S.Fe/c3*4-2(1-7)3(5)6;/h3*2,7H,1,4H2,(H,5,6);/q;;;+3/p-3/t3*2-;/m000./s1. The molecule has 131 valence electrons. The Balaban J connectivity index is -0.000000108. The number of nitrogens with two attached hydrogens (primary N) is 3. The maximum Gasteiger partial charge on any atom is 3.00 e. The van der Waals surface area contributed by atoms with Crippen LogP contribution in [-0.4, -0.2) is 53.3 Å². The van der Waals surface area contributed by atoms with Crippen LogP contribution in [0.2, 0.25) is 0 Å². The molecule has 0 aromatic heterocycles. The van der Waals surface area contributed by atoms with Crippen molar-refractivity contribution in [1.29, 1.82) is 0 Å². The van der Waals surface area contributed by atoms with Crippen LogP contribution >= 0.6 is 37.9 Å². The second kappa shape index (κ2) is 18.9. The third kappa shape index (κ3) is 22.1. The molecule has 0 aliphatic rings. The monoisotopic (exact) mass is 416 g/mol.